The summed E-state index contributed by atoms with van der Waals surface area (Å²) in [4.78, 5) is 10.3. The highest BCUT2D eigenvalue weighted by molar-refractivity contribution is 5.65. The van der Waals surface area contributed by atoms with Crippen molar-refractivity contribution in [3.63, 3.8) is 0 Å². The Morgan fingerprint density at radius 2 is 1.10 bits per heavy atom. The summed E-state index contributed by atoms with van der Waals surface area (Å²) in [6, 6.07) is 0. The second-order valence-electron chi connectivity index (χ2n) is 6.15. The monoisotopic (exact) mass is 288 g/mol. The Kier molecular flexibility index (Phi) is 11.6. The molecular formula is C20H32O. The van der Waals surface area contributed by atoms with E-state index in [-0.39, 0.29) is 0 Å². The molecular weight excluding hydrogens is 256 g/mol. The topological polar surface area (TPSA) is 17.1 Å². The van der Waals surface area contributed by atoms with E-state index in [1.54, 1.807) is 6.08 Å². The Balaban J connectivity index is 3.96. The van der Waals surface area contributed by atoms with Gasteiger partial charge >= 0.3 is 0 Å². The van der Waals surface area contributed by atoms with E-state index in [9.17, 15) is 4.79 Å². The number of aldehydes is 1. The normalized spacial score (nSPS) is 13.3. The lowest BCUT2D eigenvalue weighted by molar-refractivity contribution is -0.104. The highest BCUT2D eigenvalue weighted by Gasteiger charge is 1.93. The smallest absolute Gasteiger partial charge is 0.142 e. The van der Waals surface area contributed by atoms with Gasteiger partial charge in [-0.2, -0.15) is 0 Å². The van der Waals surface area contributed by atoms with Crippen LogP contribution in [0.3, 0.4) is 0 Å². The Hall–Kier alpha value is -1.37. The van der Waals surface area contributed by atoms with Gasteiger partial charge in [0, 0.05) is 0 Å². The van der Waals surface area contributed by atoms with Crippen molar-refractivity contribution in [3.8, 4) is 0 Å². The third-order valence-electron chi connectivity index (χ3n) is 3.51. The molecule has 0 rings (SSSR count). The molecule has 0 fully saturated rings. The zero-order valence-electron chi connectivity index (χ0n) is 14.5. The van der Waals surface area contributed by atoms with E-state index in [2.05, 4.69) is 45.9 Å². The Labute approximate surface area is 131 Å². The summed E-state index contributed by atoms with van der Waals surface area (Å²) in [6.07, 6.45) is 16.1. The van der Waals surface area contributed by atoms with E-state index in [0.29, 0.717) is 0 Å². The van der Waals surface area contributed by atoms with E-state index < -0.39 is 0 Å². The predicted octanol–water partition coefficient (Wildman–Crippen LogP) is 6.33. The molecule has 0 radical (unpaired) electrons. The fraction of sp³-hybridized carbons (Fsp3) is 0.550. The maximum absolute atomic E-state index is 10.3. The molecule has 118 valence electrons. The van der Waals surface area contributed by atoms with Crippen LogP contribution in [-0.4, -0.2) is 6.29 Å². The molecule has 0 heterocycles. The highest BCUT2D eigenvalue weighted by atomic mass is 16.1. The second-order valence-corrected chi connectivity index (χ2v) is 6.15. The van der Waals surface area contributed by atoms with Gasteiger partial charge in [0.05, 0.1) is 0 Å². The summed E-state index contributed by atoms with van der Waals surface area (Å²) >= 11 is 0. The molecule has 0 amide bonds. The van der Waals surface area contributed by atoms with Crippen LogP contribution in [0.4, 0.5) is 0 Å². The standard InChI is InChI=1S/C20H32O/c1-17(2)9-6-10-18(3)11-7-12-19(4)13-8-14-20(5)15-16-21/h9,11,13,15-16H,6-8,10,12,14H2,1-5H3/b18-11-,19-13-,20-15-. The third kappa shape index (κ3) is 13.4. The molecule has 0 saturated carbocycles. The number of allylic oxidation sites excluding steroid dienone is 8. The fourth-order valence-electron chi connectivity index (χ4n) is 2.08. The lowest BCUT2D eigenvalue weighted by atomic mass is 10.0. The molecule has 0 spiro atoms. The number of carbonyl (C=O) groups excluding carboxylic acids is 1. The summed E-state index contributed by atoms with van der Waals surface area (Å²) in [5.74, 6) is 0. The van der Waals surface area contributed by atoms with E-state index in [0.717, 1.165) is 44.0 Å². The minimum atomic E-state index is 0.870. The summed E-state index contributed by atoms with van der Waals surface area (Å²) in [5, 5.41) is 0. The van der Waals surface area contributed by atoms with Gasteiger partial charge in [0.1, 0.15) is 6.29 Å². The molecule has 0 aliphatic carbocycles. The summed E-state index contributed by atoms with van der Waals surface area (Å²) in [5.41, 5.74) is 5.50. The minimum Gasteiger partial charge on any atom is -0.299 e. The first-order valence-electron chi connectivity index (χ1n) is 8.01. The van der Waals surface area contributed by atoms with E-state index in [1.165, 1.54) is 23.1 Å². The summed E-state index contributed by atoms with van der Waals surface area (Å²) in [6.45, 7) is 10.7. The van der Waals surface area contributed by atoms with E-state index >= 15 is 0 Å². The molecule has 1 heteroatoms. The summed E-state index contributed by atoms with van der Waals surface area (Å²) < 4.78 is 0. The van der Waals surface area contributed by atoms with Crippen LogP contribution in [0.15, 0.2) is 46.6 Å². The van der Waals surface area contributed by atoms with Gasteiger partial charge in [-0.3, -0.25) is 4.79 Å². The fourth-order valence-corrected chi connectivity index (χ4v) is 2.08. The third-order valence-corrected chi connectivity index (χ3v) is 3.51. The first-order chi connectivity index (χ1) is 9.95. The van der Waals surface area contributed by atoms with Crippen LogP contribution in [0.25, 0.3) is 0 Å². The van der Waals surface area contributed by atoms with Crippen molar-refractivity contribution in [3.05, 3.63) is 46.6 Å². The van der Waals surface area contributed by atoms with Gasteiger partial charge in [0.2, 0.25) is 0 Å². The van der Waals surface area contributed by atoms with Gasteiger partial charge in [-0.25, -0.2) is 0 Å². The molecule has 0 saturated heterocycles. The maximum Gasteiger partial charge on any atom is 0.142 e. The second kappa shape index (κ2) is 12.4. The Morgan fingerprint density at radius 1 is 0.667 bits per heavy atom. The van der Waals surface area contributed by atoms with Gasteiger partial charge in [0.25, 0.3) is 0 Å². The average molecular weight is 288 g/mol. The van der Waals surface area contributed by atoms with E-state index in [4.69, 9.17) is 0 Å². The Bertz CT molecular complexity index is 415. The number of hydrogen-bond donors (Lipinski definition) is 0. The van der Waals surface area contributed by atoms with Crippen molar-refractivity contribution < 1.29 is 4.79 Å². The molecule has 0 atom stereocenters. The zero-order chi connectivity index (χ0) is 16.1. The molecule has 0 N–H and O–H groups in total. The lowest BCUT2D eigenvalue weighted by Gasteiger charge is -2.02. The van der Waals surface area contributed by atoms with Crippen LogP contribution in [-0.2, 0) is 4.79 Å². The molecule has 1 nitrogen and oxygen atoms in total. The van der Waals surface area contributed by atoms with Gasteiger partial charge in [-0.15, -0.1) is 0 Å². The number of carbonyl (C=O) groups is 1. The zero-order valence-corrected chi connectivity index (χ0v) is 14.5. The van der Waals surface area contributed by atoms with Crippen molar-refractivity contribution in [2.45, 2.75) is 73.1 Å². The molecule has 0 aromatic heterocycles. The quantitative estimate of drug-likeness (QED) is 0.261. The van der Waals surface area contributed by atoms with Gasteiger partial charge in [-0.1, -0.05) is 40.5 Å². The van der Waals surface area contributed by atoms with Crippen LogP contribution in [0.1, 0.15) is 73.1 Å². The minimum absolute atomic E-state index is 0.870. The average Bonchev–Trinajstić information content (AvgIpc) is 2.38. The number of hydrogen-bond acceptors (Lipinski definition) is 1. The molecule has 0 aromatic rings. The summed E-state index contributed by atoms with van der Waals surface area (Å²) in [7, 11) is 0. The SMILES string of the molecule is CC(C)=CCC/C(C)=C\CC/C(C)=C\CC/C(C)=C\C=O. The van der Waals surface area contributed by atoms with Crippen molar-refractivity contribution >= 4 is 6.29 Å². The number of rotatable bonds is 10. The Morgan fingerprint density at radius 3 is 1.52 bits per heavy atom. The molecule has 0 aliphatic heterocycles. The van der Waals surface area contributed by atoms with Crippen LogP contribution in [0.2, 0.25) is 0 Å². The maximum atomic E-state index is 10.3. The van der Waals surface area contributed by atoms with Crippen LogP contribution >= 0.6 is 0 Å². The molecule has 0 bridgehead atoms. The van der Waals surface area contributed by atoms with Gasteiger partial charge < -0.3 is 0 Å². The highest BCUT2D eigenvalue weighted by Crippen LogP contribution is 2.13. The van der Waals surface area contributed by atoms with Gasteiger partial charge in [0.15, 0.2) is 0 Å². The first kappa shape index (κ1) is 19.6. The lowest BCUT2D eigenvalue weighted by Crippen LogP contribution is -1.82. The molecule has 0 unspecified atom stereocenters. The van der Waals surface area contributed by atoms with Crippen molar-refractivity contribution in [2.24, 2.45) is 0 Å². The largest absolute Gasteiger partial charge is 0.299 e. The van der Waals surface area contributed by atoms with E-state index in [1.807, 2.05) is 6.92 Å². The molecule has 0 aliphatic rings. The van der Waals surface area contributed by atoms with Crippen LogP contribution in [0.5, 0.6) is 0 Å². The first-order valence-corrected chi connectivity index (χ1v) is 8.01. The van der Waals surface area contributed by atoms with Crippen LogP contribution < -0.4 is 0 Å². The molecule has 21 heavy (non-hydrogen) atoms. The van der Waals surface area contributed by atoms with Crippen molar-refractivity contribution in [1.29, 1.82) is 0 Å². The molecule has 0 aromatic carbocycles. The van der Waals surface area contributed by atoms with Crippen molar-refractivity contribution in [1.82, 2.24) is 0 Å². The predicted molar refractivity (Wildman–Crippen MR) is 94.5 cm³/mol. The van der Waals surface area contributed by atoms with Crippen molar-refractivity contribution in [2.75, 3.05) is 0 Å². The van der Waals surface area contributed by atoms with Crippen LogP contribution in [0, 0.1) is 0 Å². The van der Waals surface area contributed by atoms with Gasteiger partial charge in [-0.05, 0) is 79.2 Å².